The van der Waals surface area contributed by atoms with Crippen molar-refractivity contribution >= 4 is 21.4 Å². The maximum absolute atomic E-state index is 6.12. The zero-order valence-corrected chi connectivity index (χ0v) is 17.4. The molecule has 1 aliphatic rings. The van der Waals surface area contributed by atoms with Crippen LogP contribution in [0.2, 0.25) is 0 Å². The fourth-order valence-corrected chi connectivity index (χ4v) is 4.90. The molecule has 1 aromatic heterocycles. The van der Waals surface area contributed by atoms with Gasteiger partial charge >= 0.3 is 0 Å². The number of unbranched alkanes of at least 4 members (excludes halogenated alkanes) is 1. The van der Waals surface area contributed by atoms with Crippen molar-refractivity contribution in [3.8, 4) is 0 Å². The molecular weight excluding hydrogens is 338 g/mol. The molecule has 0 unspecified atom stereocenters. The lowest BCUT2D eigenvalue weighted by atomic mass is 9.96. The summed E-state index contributed by atoms with van der Waals surface area (Å²) in [6, 6.07) is 6.97. The molecule has 1 aromatic carbocycles. The van der Waals surface area contributed by atoms with Crippen LogP contribution in [0.15, 0.2) is 23.6 Å². The number of thiophene rings is 1. The average molecular weight is 374 g/mol. The van der Waals surface area contributed by atoms with Crippen molar-refractivity contribution in [1.82, 2.24) is 0 Å². The van der Waals surface area contributed by atoms with Crippen LogP contribution in [0, 0.1) is 0 Å². The number of nitrogens with two attached hydrogens (primary N) is 1. The van der Waals surface area contributed by atoms with Crippen LogP contribution in [0.1, 0.15) is 76.3 Å². The van der Waals surface area contributed by atoms with Gasteiger partial charge < -0.3 is 10.5 Å². The molecule has 2 nitrogen and oxygen atoms in total. The second-order valence-corrected chi connectivity index (χ2v) is 9.58. The number of hydrogen-bond acceptors (Lipinski definition) is 3. The van der Waals surface area contributed by atoms with E-state index in [1.165, 1.54) is 72.6 Å². The highest BCUT2D eigenvalue weighted by atomic mass is 32.1. The van der Waals surface area contributed by atoms with Crippen LogP contribution in [0.5, 0.6) is 0 Å². The average Bonchev–Trinajstić information content (AvgIpc) is 3.02. The number of aryl methyl sites for hydroxylation is 2. The molecule has 3 heteroatoms. The molecule has 0 amide bonds. The Bertz CT molecular complexity index is 679. The van der Waals surface area contributed by atoms with Gasteiger partial charge in [0.2, 0.25) is 0 Å². The van der Waals surface area contributed by atoms with E-state index in [1.807, 2.05) is 11.3 Å². The molecule has 0 bridgehead atoms. The van der Waals surface area contributed by atoms with Crippen LogP contribution in [0.25, 0.3) is 10.1 Å². The van der Waals surface area contributed by atoms with Crippen molar-refractivity contribution in [3.63, 3.8) is 0 Å². The van der Waals surface area contributed by atoms with Gasteiger partial charge in [-0.1, -0.05) is 31.4 Å². The summed E-state index contributed by atoms with van der Waals surface area (Å²) in [7, 11) is 0. The fraction of sp³-hybridized carbons (Fsp3) is 0.652. The van der Waals surface area contributed by atoms with Crippen LogP contribution in [-0.2, 0) is 17.6 Å². The fourth-order valence-electron chi connectivity index (χ4n) is 3.84. The Hall–Kier alpha value is -0.900. The summed E-state index contributed by atoms with van der Waals surface area (Å²) in [6.07, 6.45) is 12.9. The van der Waals surface area contributed by atoms with Gasteiger partial charge in [-0.15, -0.1) is 11.3 Å². The molecule has 2 aromatic rings. The maximum Gasteiger partial charge on any atom is 0.0575 e. The Morgan fingerprint density at radius 3 is 2.69 bits per heavy atom. The number of benzene rings is 1. The predicted molar refractivity (Wildman–Crippen MR) is 114 cm³/mol. The summed E-state index contributed by atoms with van der Waals surface area (Å²) >= 11 is 1.89. The molecule has 0 radical (unpaired) electrons. The molecule has 0 aliphatic heterocycles. The van der Waals surface area contributed by atoms with E-state index in [9.17, 15) is 0 Å². The maximum atomic E-state index is 6.12. The molecule has 1 saturated carbocycles. The topological polar surface area (TPSA) is 35.2 Å². The number of fused-ring (bicyclic) bond motifs is 1. The van der Waals surface area contributed by atoms with Crippen LogP contribution >= 0.6 is 11.3 Å². The monoisotopic (exact) mass is 373 g/mol. The lowest BCUT2D eigenvalue weighted by Gasteiger charge is -2.21. The third-order valence-corrected chi connectivity index (χ3v) is 6.52. The first-order valence-corrected chi connectivity index (χ1v) is 11.3. The van der Waals surface area contributed by atoms with Gasteiger partial charge in [0.05, 0.1) is 6.10 Å². The molecule has 144 valence electrons. The van der Waals surface area contributed by atoms with Gasteiger partial charge in [-0.2, -0.15) is 0 Å². The van der Waals surface area contributed by atoms with Gasteiger partial charge in [0.1, 0.15) is 0 Å². The van der Waals surface area contributed by atoms with Crippen LogP contribution < -0.4 is 5.73 Å². The van der Waals surface area contributed by atoms with Crippen LogP contribution in [0.4, 0.5) is 0 Å². The third kappa shape index (κ3) is 6.07. The normalized spacial score (nSPS) is 16.4. The zero-order valence-electron chi connectivity index (χ0n) is 16.6. The Kier molecular flexibility index (Phi) is 7.13. The van der Waals surface area contributed by atoms with E-state index in [-0.39, 0.29) is 5.54 Å². The first-order valence-electron chi connectivity index (χ1n) is 10.4. The van der Waals surface area contributed by atoms with E-state index in [0.717, 1.165) is 19.4 Å². The van der Waals surface area contributed by atoms with Crippen molar-refractivity contribution in [1.29, 1.82) is 0 Å². The third-order valence-electron chi connectivity index (χ3n) is 5.52. The second kappa shape index (κ2) is 9.34. The van der Waals surface area contributed by atoms with E-state index < -0.39 is 0 Å². The minimum Gasteiger partial charge on any atom is -0.378 e. The summed E-state index contributed by atoms with van der Waals surface area (Å²) < 4.78 is 7.47. The van der Waals surface area contributed by atoms with Gasteiger partial charge in [0.25, 0.3) is 0 Å². The zero-order chi connectivity index (χ0) is 18.4. The quantitative estimate of drug-likeness (QED) is 0.528. The van der Waals surface area contributed by atoms with Gasteiger partial charge in [-0.25, -0.2) is 0 Å². The molecule has 1 fully saturated rings. The van der Waals surface area contributed by atoms with E-state index in [2.05, 4.69) is 37.4 Å². The molecule has 0 saturated heterocycles. The number of ether oxygens (including phenoxy) is 1. The Morgan fingerprint density at radius 2 is 1.92 bits per heavy atom. The second-order valence-electron chi connectivity index (χ2n) is 8.67. The molecule has 26 heavy (non-hydrogen) atoms. The van der Waals surface area contributed by atoms with Gasteiger partial charge in [0.15, 0.2) is 0 Å². The Balaban J connectivity index is 1.44. The highest BCUT2D eigenvalue weighted by Gasteiger charge is 2.13. The molecule has 2 N–H and O–H groups in total. The van der Waals surface area contributed by atoms with Crippen LogP contribution in [-0.4, -0.2) is 18.2 Å². The SMILES string of the molecule is CC(C)(N)CCc1ccc2c(CCCCOC3CCCCC3)csc2c1. The first kappa shape index (κ1) is 19.9. The van der Waals surface area contributed by atoms with Crippen molar-refractivity contribution in [2.45, 2.75) is 89.7 Å². The highest BCUT2D eigenvalue weighted by Crippen LogP contribution is 2.29. The van der Waals surface area contributed by atoms with E-state index in [1.54, 1.807) is 0 Å². The Labute approximate surface area is 163 Å². The van der Waals surface area contributed by atoms with Crippen molar-refractivity contribution < 1.29 is 4.74 Å². The first-order chi connectivity index (χ1) is 12.5. The summed E-state index contributed by atoms with van der Waals surface area (Å²) in [6.45, 7) is 5.14. The van der Waals surface area contributed by atoms with Crippen molar-refractivity contribution in [2.24, 2.45) is 5.73 Å². The highest BCUT2D eigenvalue weighted by molar-refractivity contribution is 7.17. The molecule has 1 aliphatic carbocycles. The number of rotatable bonds is 9. The minimum atomic E-state index is -0.0880. The lowest BCUT2D eigenvalue weighted by molar-refractivity contribution is 0.0265. The summed E-state index contributed by atoms with van der Waals surface area (Å²) in [5.41, 5.74) is 8.95. The van der Waals surface area contributed by atoms with Crippen molar-refractivity contribution in [2.75, 3.05) is 6.61 Å². The Morgan fingerprint density at radius 1 is 1.12 bits per heavy atom. The van der Waals surface area contributed by atoms with Crippen molar-refractivity contribution in [3.05, 3.63) is 34.7 Å². The van der Waals surface area contributed by atoms with E-state index in [4.69, 9.17) is 10.5 Å². The number of hydrogen-bond donors (Lipinski definition) is 1. The van der Waals surface area contributed by atoms with Gasteiger partial charge in [0, 0.05) is 16.8 Å². The largest absolute Gasteiger partial charge is 0.378 e. The molecule has 3 rings (SSSR count). The molecule has 0 spiro atoms. The summed E-state index contributed by atoms with van der Waals surface area (Å²) in [4.78, 5) is 0. The van der Waals surface area contributed by atoms with E-state index in [0.29, 0.717) is 6.10 Å². The smallest absolute Gasteiger partial charge is 0.0575 e. The van der Waals surface area contributed by atoms with Gasteiger partial charge in [-0.3, -0.25) is 0 Å². The summed E-state index contributed by atoms with van der Waals surface area (Å²) in [5, 5.41) is 3.79. The van der Waals surface area contributed by atoms with Crippen LogP contribution in [0.3, 0.4) is 0 Å². The standard InChI is InChI=1S/C23H35NOS/c1-23(2,24)14-13-18-11-12-21-19(17-26-22(21)16-18)8-6-7-15-25-20-9-4-3-5-10-20/h11-12,16-17,20H,3-10,13-15,24H2,1-2H3. The van der Waals surface area contributed by atoms with E-state index >= 15 is 0 Å². The molecule has 0 atom stereocenters. The molecule has 1 heterocycles. The lowest BCUT2D eigenvalue weighted by Crippen LogP contribution is -2.32. The van der Waals surface area contributed by atoms with Gasteiger partial charge in [-0.05, 0) is 86.8 Å². The molecular formula is C23H35NOS. The minimum absolute atomic E-state index is 0.0880. The summed E-state index contributed by atoms with van der Waals surface area (Å²) in [5.74, 6) is 0. The predicted octanol–water partition coefficient (Wildman–Crippen LogP) is 6.24.